The minimum Gasteiger partial charge on any atom is -0.444 e. The Hall–Kier alpha value is -3.38. The fourth-order valence-electron chi connectivity index (χ4n) is 5.30. The van der Waals surface area contributed by atoms with Gasteiger partial charge in [0.2, 0.25) is 12.3 Å². The Morgan fingerprint density at radius 1 is 1.12 bits per heavy atom. The molecule has 0 aliphatic carbocycles. The second-order valence-corrected chi connectivity index (χ2v) is 15.7. The predicted octanol–water partition coefficient (Wildman–Crippen LogP) is 6.25. The van der Waals surface area contributed by atoms with E-state index in [2.05, 4.69) is 41.0 Å². The molecule has 282 valence electrons. The summed E-state index contributed by atoms with van der Waals surface area (Å²) in [5.74, 6) is 2.73. The van der Waals surface area contributed by atoms with E-state index >= 15 is 0 Å². The second kappa shape index (κ2) is 19.9. The van der Waals surface area contributed by atoms with Crippen LogP contribution in [0.5, 0.6) is 0 Å². The summed E-state index contributed by atoms with van der Waals surface area (Å²) in [5.41, 5.74) is 1.10. The van der Waals surface area contributed by atoms with Crippen molar-refractivity contribution in [2.24, 2.45) is 17.8 Å². The number of carbonyl (C=O) groups is 3. The third-order valence-corrected chi connectivity index (χ3v) is 8.69. The number of rotatable bonds is 11. The van der Waals surface area contributed by atoms with Gasteiger partial charge in [-0.05, 0) is 45.4 Å². The Morgan fingerprint density at radius 2 is 1.78 bits per heavy atom. The van der Waals surface area contributed by atoms with Crippen molar-refractivity contribution < 1.29 is 28.3 Å². The summed E-state index contributed by atoms with van der Waals surface area (Å²) in [5, 5.41) is 3.29. The quantitative estimate of drug-likeness (QED) is 0.162. The minimum atomic E-state index is -0.376. The summed E-state index contributed by atoms with van der Waals surface area (Å²) < 4.78 is 15.8. The van der Waals surface area contributed by atoms with E-state index in [-0.39, 0.29) is 41.0 Å². The van der Waals surface area contributed by atoms with Gasteiger partial charge in [-0.15, -0.1) is 0 Å². The van der Waals surface area contributed by atoms with Crippen LogP contribution in [0.25, 0.3) is 0 Å². The van der Waals surface area contributed by atoms with Gasteiger partial charge in [0.1, 0.15) is 17.4 Å². The van der Waals surface area contributed by atoms with Crippen molar-refractivity contribution in [3.63, 3.8) is 0 Å². The van der Waals surface area contributed by atoms with Gasteiger partial charge in [0, 0.05) is 78.4 Å². The Kier molecular flexibility index (Phi) is 17.0. The molecule has 2 aliphatic rings. The van der Waals surface area contributed by atoms with Crippen LogP contribution in [-0.2, 0) is 37.4 Å². The standard InChI is InChI=1S/C28H40N6O5.C5H12O.C5H12/c1-18-31-22-7-9-34(16-24(22)39-18)26(37)20-11-19(14-33(15-20)17-35)12-23(36)21-13-30-27(28(2,3)4)32-25(21)29-8-6-10-38-5;1-5(2,3)6-4;1-4-5(2)3/h13,17,19-20H,6-12,14-16H2,1-5H3,(H,29,30,32);1-4H3;5H,4H2,1-3H3. The molecule has 12 heteroatoms. The Balaban J connectivity index is 0.000000684. The van der Waals surface area contributed by atoms with Crippen molar-refractivity contribution in [2.45, 2.75) is 119 Å². The molecular weight excluding hydrogens is 636 g/mol. The Labute approximate surface area is 300 Å². The van der Waals surface area contributed by atoms with Crippen LogP contribution in [-0.4, -0.2) is 95.5 Å². The molecule has 0 aromatic carbocycles. The van der Waals surface area contributed by atoms with E-state index in [1.807, 2.05) is 41.5 Å². The van der Waals surface area contributed by atoms with Gasteiger partial charge in [-0.3, -0.25) is 14.4 Å². The molecule has 1 N–H and O–H groups in total. The van der Waals surface area contributed by atoms with Gasteiger partial charge < -0.3 is 29.0 Å². The number of nitrogens with zero attached hydrogens (tertiary/aromatic N) is 5. The molecule has 2 unspecified atom stereocenters. The number of hydrogen-bond donors (Lipinski definition) is 1. The van der Waals surface area contributed by atoms with Crippen LogP contribution in [0.2, 0.25) is 0 Å². The lowest BCUT2D eigenvalue weighted by atomic mass is 9.84. The zero-order valence-corrected chi connectivity index (χ0v) is 32.9. The van der Waals surface area contributed by atoms with E-state index in [4.69, 9.17) is 13.9 Å². The molecule has 4 rings (SSSR count). The highest BCUT2D eigenvalue weighted by Gasteiger charge is 2.36. The summed E-state index contributed by atoms with van der Waals surface area (Å²) in [4.78, 5) is 55.8. The van der Waals surface area contributed by atoms with Crippen molar-refractivity contribution in [1.82, 2.24) is 24.8 Å². The molecule has 50 heavy (non-hydrogen) atoms. The Morgan fingerprint density at radius 3 is 2.34 bits per heavy atom. The molecule has 2 aromatic rings. The van der Waals surface area contributed by atoms with Crippen molar-refractivity contribution in [2.75, 3.05) is 52.3 Å². The zero-order chi connectivity index (χ0) is 37.6. The van der Waals surface area contributed by atoms with Crippen molar-refractivity contribution in [3.05, 3.63) is 34.9 Å². The lowest BCUT2D eigenvalue weighted by Crippen LogP contribution is -2.48. The lowest BCUT2D eigenvalue weighted by Gasteiger charge is -2.37. The number of ketones is 1. The molecule has 2 aliphatic heterocycles. The number of anilines is 1. The normalized spacial score (nSPS) is 17.6. The lowest BCUT2D eigenvalue weighted by molar-refractivity contribution is -0.140. The van der Waals surface area contributed by atoms with Crippen molar-refractivity contribution >= 4 is 23.9 Å². The first-order valence-corrected chi connectivity index (χ1v) is 18.0. The zero-order valence-electron chi connectivity index (χ0n) is 32.9. The van der Waals surface area contributed by atoms with Gasteiger partial charge >= 0.3 is 0 Å². The largest absolute Gasteiger partial charge is 0.444 e. The summed E-state index contributed by atoms with van der Waals surface area (Å²) >= 11 is 0. The third kappa shape index (κ3) is 14.1. The first-order chi connectivity index (χ1) is 23.4. The van der Waals surface area contributed by atoms with Crippen molar-refractivity contribution in [1.29, 1.82) is 0 Å². The average molecular weight is 701 g/mol. The Bertz CT molecular complexity index is 1360. The second-order valence-electron chi connectivity index (χ2n) is 15.7. The SMILES string of the molecule is CCC(C)C.COC(C)(C)C.COCCCNc1nc(C(C)(C)C)ncc1C(=O)CC1CC(C(=O)N2CCc3nc(C)oc3C2)CN(C=O)C1. The van der Waals surface area contributed by atoms with Gasteiger partial charge in [-0.25, -0.2) is 15.0 Å². The van der Waals surface area contributed by atoms with E-state index in [0.717, 1.165) is 30.2 Å². The molecule has 1 fully saturated rings. The van der Waals surface area contributed by atoms with E-state index in [0.29, 0.717) is 75.3 Å². The number of ether oxygens (including phenoxy) is 2. The summed E-state index contributed by atoms with van der Waals surface area (Å²) in [7, 11) is 3.36. The summed E-state index contributed by atoms with van der Waals surface area (Å²) in [6.07, 6.45) is 5.83. The fraction of sp³-hybridized carbons (Fsp3) is 0.737. The molecular formula is C38H64N6O6. The summed E-state index contributed by atoms with van der Waals surface area (Å²) in [6, 6.07) is 0. The molecule has 0 saturated carbocycles. The van der Waals surface area contributed by atoms with E-state index in [1.165, 1.54) is 6.42 Å². The van der Waals surface area contributed by atoms with Crippen LogP contribution in [0, 0.1) is 24.7 Å². The monoisotopic (exact) mass is 700 g/mol. The van der Waals surface area contributed by atoms with Gasteiger partial charge in [-0.1, -0.05) is 48.0 Å². The highest BCUT2D eigenvalue weighted by Crippen LogP contribution is 2.30. The number of nitrogens with one attached hydrogen (secondary N) is 1. The number of Topliss-reactive ketones (excluding diaryl/α,β-unsaturated/α-hetero) is 1. The predicted molar refractivity (Wildman–Crippen MR) is 196 cm³/mol. The molecule has 1 saturated heterocycles. The van der Waals surface area contributed by atoms with Gasteiger partial charge in [0.25, 0.3) is 0 Å². The minimum absolute atomic E-state index is 0.0166. The maximum atomic E-state index is 13.5. The first-order valence-electron chi connectivity index (χ1n) is 18.0. The smallest absolute Gasteiger partial charge is 0.227 e. The van der Waals surface area contributed by atoms with Crippen LogP contribution in [0.1, 0.15) is 122 Å². The van der Waals surface area contributed by atoms with Crippen molar-refractivity contribution in [3.8, 4) is 0 Å². The average Bonchev–Trinajstić information content (AvgIpc) is 3.45. The first kappa shape index (κ1) is 42.8. The number of piperidine rings is 1. The van der Waals surface area contributed by atoms with Gasteiger partial charge in [0.15, 0.2) is 11.7 Å². The van der Waals surface area contributed by atoms with Crippen LogP contribution < -0.4 is 5.32 Å². The van der Waals surface area contributed by atoms with E-state index < -0.39 is 0 Å². The number of carbonyl (C=O) groups excluding carboxylic acids is 3. The number of methoxy groups -OCH3 is 2. The molecule has 2 aromatic heterocycles. The fourth-order valence-corrected chi connectivity index (χ4v) is 5.30. The number of hydrogen-bond acceptors (Lipinski definition) is 10. The highest BCUT2D eigenvalue weighted by atomic mass is 16.5. The van der Waals surface area contributed by atoms with Crippen LogP contribution in [0.15, 0.2) is 10.6 Å². The molecule has 0 radical (unpaired) electrons. The summed E-state index contributed by atoms with van der Waals surface area (Å²) in [6.45, 7) is 23.5. The number of fused-ring (bicyclic) bond motifs is 1. The van der Waals surface area contributed by atoms with E-state index in [1.54, 1.807) is 37.1 Å². The number of aromatic nitrogens is 3. The molecule has 0 bridgehead atoms. The highest BCUT2D eigenvalue weighted by molar-refractivity contribution is 6.00. The number of aryl methyl sites for hydroxylation is 1. The van der Waals surface area contributed by atoms with Crippen LogP contribution in [0.4, 0.5) is 5.82 Å². The maximum absolute atomic E-state index is 13.5. The maximum Gasteiger partial charge on any atom is 0.227 e. The van der Waals surface area contributed by atoms with Crippen LogP contribution >= 0.6 is 0 Å². The number of likely N-dealkylation sites (tertiary alicyclic amines) is 1. The van der Waals surface area contributed by atoms with E-state index in [9.17, 15) is 14.4 Å². The molecule has 12 nitrogen and oxygen atoms in total. The molecule has 2 amide bonds. The molecule has 2 atom stereocenters. The third-order valence-electron chi connectivity index (χ3n) is 8.69. The molecule has 0 spiro atoms. The number of amides is 2. The molecule has 4 heterocycles. The van der Waals surface area contributed by atoms with Crippen LogP contribution in [0.3, 0.4) is 0 Å². The number of oxazole rings is 1. The topological polar surface area (TPSA) is 140 Å². The van der Waals surface area contributed by atoms with Gasteiger partial charge in [0.05, 0.1) is 29.3 Å². The van der Waals surface area contributed by atoms with Gasteiger partial charge in [-0.2, -0.15) is 0 Å².